The van der Waals surface area contributed by atoms with Gasteiger partial charge >= 0.3 is 0 Å². The van der Waals surface area contributed by atoms with Crippen LogP contribution in [0.3, 0.4) is 0 Å². The van der Waals surface area contributed by atoms with Crippen LogP contribution in [-0.2, 0) is 0 Å². The van der Waals surface area contributed by atoms with Gasteiger partial charge in [0.25, 0.3) is 0 Å². The molecule has 0 aliphatic heterocycles. The molecule has 1 atom stereocenters. The summed E-state index contributed by atoms with van der Waals surface area (Å²) in [5, 5.41) is 3.12. The van der Waals surface area contributed by atoms with Gasteiger partial charge in [0.15, 0.2) is 0 Å². The van der Waals surface area contributed by atoms with Crippen molar-refractivity contribution in [2.24, 2.45) is 5.73 Å². The van der Waals surface area contributed by atoms with Crippen molar-refractivity contribution in [1.82, 2.24) is 0 Å². The van der Waals surface area contributed by atoms with Crippen LogP contribution in [0.2, 0.25) is 0 Å². The van der Waals surface area contributed by atoms with Crippen LogP contribution in [0, 0.1) is 0 Å². The Kier molecular flexibility index (Phi) is 4.45. The fraction of sp³-hybridized carbons (Fsp3) is 0.200. The van der Waals surface area contributed by atoms with Gasteiger partial charge in [-0.15, -0.1) is 0 Å². The number of benzene rings is 2. The summed E-state index contributed by atoms with van der Waals surface area (Å²) >= 11 is 3.48. The molecule has 0 saturated heterocycles. The minimum absolute atomic E-state index is 0.157. The molecule has 0 heterocycles. The predicted octanol–water partition coefficient (Wildman–Crippen LogP) is 3.55. The summed E-state index contributed by atoms with van der Waals surface area (Å²) in [6.45, 7) is 0. The molecule has 2 aromatic carbocycles. The summed E-state index contributed by atoms with van der Waals surface area (Å²) in [5.74, 6) is 0.805. The molecule has 1 unspecified atom stereocenters. The van der Waals surface area contributed by atoms with E-state index in [4.69, 9.17) is 10.5 Å². The van der Waals surface area contributed by atoms with Crippen LogP contribution in [-0.4, -0.2) is 14.2 Å². The van der Waals surface area contributed by atoms with Crippen molar-refractivity contribution in [2.75, 3.05) is 19.5 Å². The number of nitrogens with one attached hydrogen (secondary N) is 1. The summed E-state index contributed by atoms with van der Waals surface area (Å²) in [6, 6.07) is 13.8. The van der Waals surface area contributed by atoms with Crippen molar-refractivity contribution in [3.63, 3.8) is 0 Å². The van der Waals surface area contributed by atoms with Crippen molar-refractivity contribution in [1.29, 1.82) is 0 Å². The van der Waals surface area contributed by atoms with Gasteiger partial charge in [-0.1, -0.05) is 18.2 Å². The third-order valence-electron chi connectivity index (χ3n) is 3.07. The van der Waals surface area contributed by atoms with E-state index in [0.29, 0.717) is 0 Å². The maximum Gasteiger partial charge on any atom is 0.133 e. The van der Waals surface area contributed by atoms with Gasteiger partial charge < -0.3 is 15.8 Å². The van der Waals surface area contributed by atoms with Crippen molar-refractivity contribution < 1.29 is 4.74 Å². The van der Waals surface area contributed by atoms with Gasteiger partial charge in [-0.3, -0.25) is 0 Å². The molecule has 0 saturated carbocycles. The lowest BCUT2D eigenvalue weighted by Gasteiger charge is -2.15. The largest absolute Gasteiger partial charge is 0.496 e. The Morgan fingerprint density at radius 1 is 1.16 bits per heavy atom. The smallest absolute Gasteiger partial charge is 0.133 e. The molecule has 0 aliphatic rings. The molecular weight excluding hydrogens is 304 g/mol. The highest BCUT2D eigenvalue weighted by Crippen LogP contribution is 2.30. The van der Waals surface area contributed by atoms with Crippen molar-refractivity contribution in [3.8, 4) is 5.75 Å². The molecule has 3 N–H and O–H groups in total. The van der Waals surface area contributed by atoms with Crippen molar-refractivity contribution in [3.05, 3.63) is 58.1 Å². The number of hydrogen-bond donors (Lipinski definition) is 2. The Labute approximate surface area is 121 Å². The molecular formula is C15H17BrN2O. The van der Waals surface area contributed by atoms with E-state index in [1.807, 2.05) is 43.4 Å². The quantitative estimate of drug-likeness (QED) is 0.905. The molecule has 2 aromatic rings. The van der Waals surface area contributed by atoms with Crippen LogP contribution in [0.1, 0.15) is 17.2 Å². The number of ether oxygens (including phenoxy) is 1. The standard InChI is InChI=1S/C15H17BrN2O/c1-18-12-5-3-4-10(8-12)15(17)11-6-7-14(19-2)13(16)9-11/h3-9,15,18H,17H2,1-2H3. The molecule has 0 aromatic heterocycles. The van der Waals surface area contributed by atoms with Crippen LogP contribution < -0.4 is 15.8 Å². The van der Waals surface area contributed by atoms with E-state index in [2.05, 4.69) is 27.3 Å². The second kappa shape index (κ2) is 6.08. The first-order chi connectivity index (χ1) is 9.15. The zero-order valence-corrected chi connectivity index (χ0v) is 12.6. The van der Waals surface area contributed by atoms with E-state index in [1.54, 1.807) is 7.11 Å². The van der Waals surface area contributed by atoms with Crippen LogP contribution in [0.5, 0.6) is 5.75 Å². The van der Waals surface area contributed by atoms with Gasteiger partial charge in [0.1, 0.15) is 5.75 Å². The van der Waals surface area contributed by atoms with Crippen LogP contribution in [0.4, 0.5) is 5.69 Å². The number of methoxy groups -OCH3 is 1. The van der Waals surface area contributed by atoms with Gasteiger partial charge in [0.2, 0.25) is 0 Å². The van der Waals surface area contributed by atoms with Gasteiger partial charge in [0.05, 0.1) is 17.6 Å². The third kappa shape index (κ3) is 3.08. The lowest BCUT2D eigenvalue weighted by Crippen LogP contribution is -2.12. The number of halogens is 1. The Hall–Kier alpha value is -1.52. The lowest BCUT2D eigenvalue weighted by atomic mass is 9.99. The highest BCUT2D eigenvalue weighted by atomic mass is 79.9. The molecule has 0 spiro atoms. The van der Waals surface area contributed by atoms with E-state index in [9.17, 15) is 0 Å². The Morgan fingerprint density at radius 2 is 1.89 bits per heavy atom. The first-order valence-corrected chi connectivity index (χ1v) is 6.81. The average Bonchev–Trinajstić information content (AvgIpc) is 2.46. The summed E-state index contributed by atoms with van der Waals surface area (Å²) in [6.07, 6.45) is 0. The highest BCUT2D eigenvalue weighted by molar-refractivity contribution is 9.10. The molecule has 0 radical (unpaired) electrons. The van der Waals surface area contributed by atoms with Gasteiger partial charge in [-0.25, -0.2) is 0 Å². The van der Waals surface area contributed by atoms with E-state index >= 15 is 0 Å². The second-order valence-electron chi connectivity index (χ2n) is 4.25. The zero-order valence-electron chi connectivity index (χ0n) is 11.0. The molecule has 2 rings (SSSR count). The third-order valence-corrected chi connectivity index (χ3v) is 3.69. The van der Waals surface area contributed by atoms with E-state index in [0.717, 1.165) is 27.0 Å². The minimum atomic E-state index is -0.157. The number of rotatable bonds is 4. The molecule has 0 fully saturated rings. The summed E-state index contributed by atoms with van der Waals surface area (Å²) in [7, 11) is 3.55. The Morgan fingerprint density at radius 3 is 2.53 bits per heavy atom. The zero-order chi connectivity index (χ0) is 13.8. The molecule has 0 bridgehead atoms. The summed E-state index contributed by atoms with van der Waals surface area (Å²) in [5.41, 5.74) is 9.48. The summed E-state index contributed by atoms with van der Waals surface area (Å²) < 4.78 is 6.13. The highest BCUT2D eigenvalue weighted by Gasteiger charge is 2.11. The minimum Gasteiger partial charge on any atom is -0.496 e. The molecule has 0 amide bonds. The normalized spacial score (nSPS) is 12.0. The maximum absolute atomic E-state index is 6.31. The lowest BCUT2D eigenvalue weighted by molar-refractivity contribution is 0.412. The first-order valence-electron chi connectivity index (χ1n) is 6.02. The summed E-state index contributed by atoms with van der Waals surface area (Å²) in [4.78, 5) is 0. The van der Waals surface area contributed by atoms with Crippen LogP contribution in [0.15, 0.2) is 46.9 Å². The van der Waals surface area contributed by atoms with E-state index in [-0.39, 0.29) is 6.04 Å². The van der Waals surface area contributed by atoms with E-state index in [1.165, 1.54) is 0 Å². The van der Waals surface area contributed by atoms with Crippen LogP contribution in [0.25, 0.3) is 0 Å². The Bertz CT molecular complexity index is 572. The van der Waals surface area contributed by atoms with E-state index < -0.39 is 0 Å². The predicted molar refractivity (Wildman–Crippen MR) is 82.7 cm³/mol. The molecule has 100 valence electrons. The van der Waals surface area contributed by atoms with Crippen molar-refractivity contribution in [2.45, 2.75) is 6.04 Å². The number of nitrogens with two attached hydrogens (primary N) is 1. The van der Waals surface area contributed by atoms with Crippen molar-refractivity contribution >= 4 is 21.6 Å². The fourth-order valence-corrected chi connectivity index (χ4v) is 2.51. The van der Waals surface area contributed by atoms with Gasteiger partial charge in [-0.2, -0.15) is 0 Å². The topological polar surface area (TPSA) is 47.3 Å². The second-order valence-corrected chi connectivity index (χ2v) is 5.10. The number of anilines is 1. The molecule has 19 heavy (non-hydrogen) atoms. The van der Waals surface area contributed by atoms with Crippen LogP contribution >= 0.6 is 15.9 Å². The SMILES string of the molecule is CNc1cccc(C(N)c2ccc(OC)c(Br)c2)c1. The molecule has 0 aliphatic carbocycles. The Balaban J connectivity index is 2.32. The number of hydrogen-bond acceptors (Lipinski definition) is 3. The van der Waals surface area contributed by atoms with Gasteiger partial charge in [0, 0.05) is 12.7 Å². The average molecular weight is 321 g/mol. The molecule has 3 nitrogen and oxygen atoms in total. The molecule has 4 heteroatoms. The fourth-order valence-electron chi connectivity index (χ4n) is 1.96. The maximum atomic E-state index is 6.31. The van der Waals surface area contributed by atoms with Gasteiger partial charge in [-0.05, 0) is 51.3 Å². The monoisotopic (exact) mass is 320 g/mol. The first kappa shape index (κ1) is 13.9.